The van der Waals surface area contributed by atoms with Crippen LogP contribution in [0.25, 0.3) is 0 Å². The highest BCUT2D eigenvalue weighted by molar-refractivity contribution is 6.61. The zero-order chi connectivity index (χ0) is 20.7. The monoisotopic (exact) mass is 390 g/mol. The van der Waals surface area contributed by atoms with Crippen LogP contribution in [0.4, 0.5) is 0 Å². The number of nitrogens with zero attached hydrogens (tertiary/aromatic N) is 2. The Bertz CT molecular complexity index is 717. The number of likely N-dealkylation sites (tertiary alicyclic amines) is 1. The molecule has 8 nitrogen and oxygen atoms in total. The van der Waals surface area contributed by atoms with Gasteiger partial charge in [-0.25, -0.2) is 4.98 Å². The topological polar surface area (TPSA) is 96.6 Å². The molecule has 3 rings (SSSR count). The molecule has 2 saturated heterocycles. The van der Waals surface area contributed by atoms with Gasteiger partial charge < -0.3 is 24.5 Å². The van der Waals surface area contributed by atoms with Gasteiger partial charge in [-0.2, -0.15) is 0 Å². The third-order valence-corrected chi connectivity index (χ3v) is 6.15. The number of amides is 2. The number of carbonyl (C=O) groups is 2. The average Bonchev–Trinajstić information content (AvgIpc) is 3.29. The Labute approximate surface area is 166 Å². The molecule has 2 aliphatic rings. The van der Waals surface area contributed by atoms with Crippen molar-refractivity contribution in [2.75, 3.05) is 6.54 Å². The largest absolute Gasteiger partial charge is 0.513 e. The van der Waals surface area contributed by atoms with E-state index < -0.39 is 24.4 Å². The molecule has 0 bridgehead atoms. The number of hydrogen-bond acceptors (Lipinski definition) is 5. The van der Waals surface area contributed by atoms with Crippen molar-refractivity contribution in [1.29, 1.82) is 0 Å². The molecule has 2 unspecified atom stereocenters. The lowest BCUT2D eigenvalue weighted by Crippen LogP contribution is -2.48. The van der Waals surface area contributed by atoms with Gasteiger partial charge in [0.15, 0.2) is 0 Å². The molecule has 0 saturated carbocycles. The van der Waals surface area contributed by atoms with Gasteiger partial charge in [0, 0.05) is 12.7 Å². The lowest BCUT2D eigenvalue weighted by Gasteiger charge is -2.32. The quantitative estimate of drug-likeness (QED) is 0.561. The van der Waals surface area contributed by atoms with Crippen molar-refractivity contribution in [1.82, 2.24) is 20.2 Å². The molecule has 28 heavy (non-hydrogen) atoms. The fraction of sp³-hybridized carbons (Fsp3) is 0.737. The lowest BCUT2D eigenvalue weighted by atomic mass is 9.86. The number of imidazole rings is 1. The summed E-state index contributed by atoms with van der Waals surface area (Å²) in [5.74, 6) is 0.665. The smallest absolute Gasteiger partial charge is 0.398 e. The van der Waals surface area contributed by atoms with Gasteiger partial charge in [-0.05, 0) is 46.5 Å². The van der Waals surface area contributed by atoms with Gasteiger partial charge in [0.05, 0.1) is 22.8 Å². The molecule has 1 aromatic heterocycles. The van der Waals surface area contributed by atoms with E-state index in [1.807, 2.05) is 46.4 Å². The number of carbonyl (C=O) groups excluding carboxylic acids is 2. The number of nitrogens with one attached hydrogen (secondary N) is 2. The van der Waals surface area contributed by atoms with Crippen LogP contribution in [0.5, 0.6) is 0 Å². The molecule has 2 amide bonds. The summed E-state index contributed by atoms with van der Waals surface area (Å²) in [5, 5.41) is 2.66. The van der Waals surface area contributed by atoms with Crippen molar-refractivity contribution in [3.63, 3.8) is 0 Å². The number of rotatable bonds is 6. The van der Waals surface area contributed by atoms with Gasteiger partial charge in [0.2, 0.25) is 12.3 Å². The summed E-state index contributed by atoms with van der Waals surface area (Å²) < 4.78 is 12.2. The number of aromatic nitrogens is 2. The molecule has 0 aromatic carbocycles. The van der Waals surface area contributed by atoms with Gasteiger partial charge >= 0.3 is 7.12 Å². The third-order valence-electron chi connectivity index (χ3n) is 6.15. The second-order valence-corrected chi connectivity index (χ2v) is 9.01. The van der Waals surface area contributed by atoms with Gasteiger partial charge in [-0.15, -0.1) is 0 Å². The zero-order valence-corrected chi connectivity index (χ0v) is 17.6. The molecule has 0 radical (unpaired) electrons. The standard InChI is InChI=1S/C19H31BN4O4/c1-12(2)15(22-11-25)17(26)24-9-7-8-13(24)16-21-10-14(23-16)20-27-18(3,4)19(5,6)28-20/h10-13,15H,7-9H2,1-6H3,(H,21,23)(H,22,25). The van der Waals surface area contributed by atoms with E-state index in [-0.39, 0.29) is 17.9 Å². The van der Waals surface area contributed by atoms with Crippen LogP contribution in [-0.2, 0) is 18.9 Å². The van der Waals surface area contributed by atoms with Gasteiger partial charge in [0.1, 0.15) is 11.9 Å². The summed E-state index contributed by atoms with van der Waals surface area (Å²) >= 11 is 0. The maximum Gasteiger partial charge on any atom is 0.513 e. The number of aromatic amines is 1. The van der Waals surface area contributed by atoms with Crippen LogP contribution in [0.15, 0.2) is 6.20 Å². The van der Waals surface area contributed by atoms with Crippen molar-refractivity contribution >= 4 is 25.0 Å². The Hall–Kier alpha value is -1.87. The molecule has 3 heterocycles. The van der Waals surface area contributed by atoms with E-state index in [2.05, 4.69) is 15.3 Å². The highest BCUT2D eigenvalue weighted by Crippen LogP contribution is 2.36. The molecule has 1 aromatic rings. The number of H-pyrrole nitrogens is 1. The molecule has 2 fully saturated rings. The summed E-state index contributed by atoms with van der Waals surface area (Å²) in [6.07, 6.45) is 4.04. The Balaban J connectivity index is 1.77. The Morgan fingerprint density at radius 3 is 2.57 bits per heavy atom. The molecule has 9 heteroatoms. The van der Waals surface area contributed by atoms with Crippen LogP contribution < -0.4 is 10.9 Å². The second-order valence-electron chi connectivity index (χ2n) is 9.01. The lowest BCUT2D eigenvalue weighted by molar-refractivity contribution is -0.137. The first-order chi connectivity index (χ1) is 13.1. The molecule has 154 valence electrons. The van der Waals surface area contributed by atoms with Crippen molar-refractivity contribution < 1.29 is 18.9 Å². The summed E-state index contributed by atoms with van der Waals surface area (Å²) in [4.78, 5) is 33.6. The molecule has 2 atom stereocenters. The molecule has 2 aliphatic heterocycles. The molecule has 2 N–H and O–H groups in total. The minimum absolute atomic E-state index is 0.0101. The van der Waals surface area contributed by atoms with Crippen LogP contribution in [0.3, 0.4) is 0 Å². The molecular formula is C19H31BN4O4. The van der Waals surface area contributed by atoms with Crippen LogP contribution in [0.1, 0.15) is 66.3 Å². The van der Waals surface area contributed by atoms with E-state index in [1.165, 1.54) is 0 Å². The van der Waals surface area contributed by atoms with Crippen LogP contribution >= 0.6 is 0 Å². The normalized spacial score (nSPS) is 24.6. The number of hydrogen-bond donors (Lipinski definition) is 2. The molecular weight excluding hydrogens is 359 g/mol. The highest BCUT2D eigenvalue weighted by atomic mass is 16.7. The van der Waals surface area contributed by atoms with E-state index in [4.69, 9.17) is 9.31 Å². The second kappa shape index (κ2) is 7.52. The van der Waals surface area contributed by atoms with E-state index in [1.54, 1.807) is 6.20 Å². The van der Waals surface area contributed by atoms with Crippen molar-refractivity contribution in [2.24, 2.45) is 5.92 Å². The SMILES string of the molecule is CC(C)C(NC=O)C(=O)N1CCCC1c1ncc(B2OC(C)(C)C(C)(C)O2)[nH]1. The van der Waals surface area contributed by atoms with Crippen LogP contribution in [0.2, 0.25) is 0 Å². The summed E-state index contributed by atoms with van der Waals surface area (Å²) in [6.45, 7) is 12.5. The van der Waals surface area contributed by atoms with Gasteiger partial charge in [-0.1, -0.05) is 13.8 Å². The summed E-state index contributed by atoms with van der Waals surface area (Å²) in [7, 11) is -0.517. The molecule has 0 aliphatic carbocycles. The fourth-order valence-corrected chi connectivity index (χ4v) is 3.73. The van der Waals surface area contributed by atoms with E-state index in [0.29, 0.717) is 13.0 Å². The Kier molecular flexibility index (Phi) is 5.60. The van der Waals surface area contributed by atoms with Crippen molar-refractivity contribution in [3.05, 3.63) is 12.0 Å². The van der Waals surface area contributed by atoms with E-state index >= 15 is 0 Å². The first kappa shape index (κ1) is 20.9. The van der Waals surface area contributed by atoms with Crippen LogP contribution in [-0.4, -0.2) is 58.1 Å². The van der Waals surface area contributed by atoms with E-state index in [0.717, 1.165) is 24.3 Å². The first-order valence-electron chi connectivity index (χ1n) is 9.98. The maximum atomic E-state index is 13.0. The zero-order valence-electron chi connectivity index (χ0n) is 17.6. The fourth-order valence-electron chi connectivity index (χ4n) is 3.73. The van der Waals surface area contributed by atoms with E-state index in [9.17, 15) is 9.59 Å². The average molecular weight is 390 g/mol. The summed E-state index contributed by atoms with van der Waals surface area (Å²) in [5.41, 5.74) is -0.105. The predicted molar refractivity (Wildman–Crippen MR) is 106 cm³/mol. The minimum atomic E-state index is -0.532. The Morgan fingerprint density at radius 1 is 1.36 bits per heavy atom. The van der Waals surface area contributed by atoms with Crippen molar-refractivity contribution in [2.45, 2.75) is 77.7 Å². The minimum Gasteiger partial charge on any atom is -0.398 e. The Morgan fingerprint density at radius 2 is 2.00 bits per heavy atom. The maximum absolute atomic E-state index is 13.0. The van der Waals surface area contributed by atoms with Gasteiger partial charge in [-0.3, -0.25) is 9.59 Å². The predicted octanol–water partition coefficient (Wildman–Crippen LogP) is 1.14. The highest BCUT2D eigenvalue weighted by Gasteiger charge is 2.52. The molecule has 0 spiro atoms. The first-order valence-corrected chi connectivity index (χ1v) is 9.98. The summed E-state index contributed by atoms with van der Waals surface area (Å²) in [6, 6.07) is -0.672. The van der Waals surface area contributed by atoms with Gasteiger partial charge in [0.25, 0.3) is 0 Å². The van der Waals surface area contributed by atoms with Crippen molar-refractivity contribution in [3.8, 4) is 0 Å². The third kappa shape index (κ3) is 3.69. The van der Waals surface area contributed by atoms with Crippen LogP contribution in [0, 0.1) is 5.92 Å².